The van der Waals surface area contributed by atoms with E-state index < -0.39 is 0 Å². The molecular weight excluding hydrogens is 372 g/mol. The molecule has 0 heterocycles. The Kier molecular flexibility index (Phi) is 9.31. The number of hydrogen-bond donors (Lipinski definition) is 0. The fraction of sp³-hybridized carbons (Fsp3) is 0.435. The third-order valence-electron chi connectivity index (χ3n) is 4.41. The molecule has 0 fully saturated rings. The second-order valence-electron chi connectivity index (χ2n) is 6.57. The van der Waals surface area contributed by atoms with E-state index in [9.17, 15) is 4.79 Å². The molecule has 0 bridgehead atoms. The molecule has 0 aliphatic carbocycles. The minimum absolute atomic E-state index is 0.324. The molecule has 2 aromatic rings. The summed E-state index contributed by atoms with van der Waals surface area (Å²) in [6.07, 6.45) is 1.92. The Labute approximate surface area is 172 Å². The molecule has 0 amide bonds. The number of ether oxygens (including phenoxy) is 5. The first-order chi connectivity index (χ1) is 14.1. The normalized spacial score (nSPS) is 10.5. The molecule has 0 radical (unpaired) electrons. The van der Waals surface area contributed by atoms with Crippen LogP contribution in [-0.4, -0.2) is 40.3 Å². The molecule has 0 spiro atoms. The maximum atomic E-state index is 10.5. The Hall–Kier alpha value is -2.73. The summed E-state index contributed by atoms with van der Waals surface area (Å²) in [5.41, 5.74) is 2.90. The number of benzene rings is 2. The van der Waals surface area contributed by atoms with Crippen LogP contribution in [0.4, 0.5) is 0 Å². The summed E-state index contributed by atoms with van der Waals surface area (Å²) < 4.78 is 28.3. The van der Waals surface area contributed by atoms with E-state index in [1.807, 2.05) is 44.2 Å². The minimum atomic E-state index is 0.324. The van der Waals surface area contributed by atoms with Crippen molar-refractivity contribution in [3.63, 3.8) is 0 Å². The van der Waals surface area contributed by atoms with Crippen molar-refractivity contribution in [1.29, 1.82) is 0 Å². The Morgan fingerprint density at radius 3 is 2.31 bits per heavy atom. The van der Waals surface area contributed by atoms with E-state index in [-0.39, 0.29) is 0 Å². The van der Waals surface area contributed by atoms with Crippen molar-refractivity contribution in [3.05, 3.63) is 47.0 Å². The van der Waals surface area contributed by atoms with Gasteiger partial charge in [0.1, 0.15) is 6.29 Å². The van der Waals surface area contributed by atoms with Crippen LogP contribution in [0.25, 0.3) is 0 Å². The predicted molar refractivity (Wildman–Crippen MR) is 111 cm³/mol. The van der Waals surface area contributed by atoms with Gasteiger partial charge in [-0.15, -0.1) is 0 Å². The van der Waals surface area contributed by atoms with Crippen molar-refractivity contribution in [3.8, 4) is 23.0 Å². The molecule has 0 N–H and O–H groups in total. The van der Waals surface area contributed by atoms with Crippen LogP contribution in [0.15, 0.2) is 30.3 Å². The number of carbonyl (C=O) groups excluding carboxylic acids is 1. The lowest BCUT2D eigenvalue weighted by Crippen LogP contribution is -2.07. The smallest absolute Gasteiger partial charge is 0.166 e. The number of carbonyl (C=O) groups is 1. The van der Waals surface area contributed by atoms with E-state index in [0.717, 1.165) is 40.9 Å². The first-order valence-corrected chi connectivity index (χ1v) is 9.69. The van der Waals surface area contributed by atoms with E-state index in [0.29, 0.717) is 44.3 Å². The highest BCUT2D eigenvalue weighted by Crippen LogP contribution is 2.35. The Bertz CT molecular complexity index is 787. The van der Waals surface area contributed by atoms with Gasteiger partial charge in [0.2, 0.25) is 0 Å². The summed E-state index contributed by atoms with van der Waals surface area (Å²) in [7, 11) is 3.24. The third kappa shape index (κ3) is 6.39. The van der Waals surface area contributed by atoms with Gasteiger partial charge in [0.15, 0.2) is 23.0 Å². The molecule has 2 rings (SSSR count). The maximum Gasteiger partial charge on any atom is 0.166 e. The van der Waals surface area contributed by atoms with Crippen molar-refractivity contribution in [2.24, 2.45) is 0 Å². The van der Waals surface area contributed by atoms with Gasteiger partial charge in [-0.05, 0) is 31.0 Å². The topological polar surface area (TPSA) is 63.2 Å². The van der Waals surface area contributed by atoms with Crippen molar-refractivity contribution in [1.82, 2.24) is 0 Å². The molecule has 0 saturated heterocycles. The van der Waals surface area contributed by atoms with E-state index in [1.54, 1.807) is 14.2 Å². The molecule has 0 saturated carbocycles. The number of aldehydes is 1. The van der Waals surface area contributed by atoms with Crippen LogP contribution in [0.3, 0.4) is 0 Å². The first-order valence-electron chi connectivity index (χ1n) is 9.69. The molecule has 0 aliphatic rings. The third-order valence-corrected chi connectivity index (χ3v) is 4.41. The van der Waals surface area contributed by atoms with Crippen molar-refractivity contribution >= 4 is 6.29 Å². The van der Waals surface area contributed by atoms with Gasteiger partial charge in [-0.3, -0.25) is 0 Å². The van der Waals surface area contributed by atoms with Crippen LogP contribution < -0.4 is 18.9 Å². The van der Waals surface area contributed by atoms with Gasteiger partial charge >= 0.3 is 0 Å². The van der Waals surface area contributed by atoms with E-state index in [2.05, 4.69) is 0 Å². The van der Waals surface area contributed by atoms with Crippen LogP contribution in [0.1, 0.15) is 29.5 Å². The second kappa shape index (κ2) is 12.0. The van der Waals surface area contributed by atoms with Crippen molar-refractivity contribution < 1.29 is 28.5 Å². The summed E-state index contributed by atoms with van der Waals surface area (Å²) in [6, 6.07) is 9.75. The molecule has 29 heavy (non-hydrogen) atoms. The van der Waals surface area contributed by atoms with Gasteiger partial charge < -0.3 is 28.5 Å². The highest BCUT2D eigenvalue weighted by atomic mass is 16.5. The van der Waals surface area contributed by atoms with E-state index in [4.69, 9.17) is 23.7 Å². The summed E-state index contributed by atoms with van der Waals surface area (Å²) >= 11 is 0. The van der Waals surface area contributed by atoms with Gasteiger partial charge in [-0.2, -0.15) is 0 Å². The van der Waals surface area contributed by atoms with Gasteiger partial charge in [0.05, 0.1) is 40.6 Å². The zero-order valence-corrected chi connectivity index (χ0v) is 17.7. The number of para-hydroxylation sites is 1. The number of methoxy groups -OCH3 is 2. The molecular formula is C23H30O6. The Balaban J connectivity index is 1.84. The second-order valence-corrected chi connectivity index (χ2v) is 6.57. The largest absolute Gasteiger partial charge is 0.493 e. The number of hydrogen-bond acceptors (Lipinski definition) is 6. The van der Waals surface area contributed by atoms with Crippen LogP contribution in [0.2, 0.25) is 0 Å². The molecule has 0 atom stereocenters. The van der Waals surface area contributed by atoms with Gasteiger partial charge in [0.25, 0.3) is 0 Å². The lowest BCUT2D eigenvalue weighted by Gasteiger charge is -2.17. The zero-order chi connectivity index (χ0) is 21.1. The summed E-state index contributed by atoms with van der Waals surface area (Å²) in [5, 5.41) is 0. The van der Waals surface area contributed by atoms with Crippen LogP contribution in [-0.2, 0) is 16.1 Å². The van der Waals surface area contributed by atoms with Gasteiger partial charge in [-0.25, -0.2) is 0 Å². The molecule has 0 aromatic heterocycles. The molecule has 0 aliphatic heterocycles. The summed E-state index contributed by atoms with van der Waals surface area (Å²) in [4.78, 5) is 10.5. The monoisotopic (exact) mass is 402 g/mol. The van der Waals surface area contributed by atoms with E-state index in [1.165, 1.54) is 0 Å². The number of rotatable bonds is 13. The molecule has 0 unspecified atom stereocenters. The van der Waals surface area contributed by atoms with Crippen molar-refractivity contribution in [2.75, 3.05) is 34.0 Å². The Morgan fingerprint density at radius 1 is 0.828 bits per heavy atom. The van der Waals surface area contributed by atoms with Gasteiger partial charge in [0, 0.05) is 18.4 Å². The molecule has 6 heteroatoms. The fourth-order valence-electron chi connectivity index (χ4n) is 2.92. The first kappa shape index (κ1) is 22.6. The van der Waals surface area contributed by atoms with Gasteiger partial charge in [-0.1, -0.05) is 24.3 Å². The van der Waals surface area contributed by atoms with Crippen LogP contribution in [0, 0.1) is 13.8 Å². The highest BCUT2D eigenvalue weighted by molar-refractivity contribution is 5.52. The maximum absolute atomic E-state index is 10.5. The van der Waals surface area contributed by atoms with Crippen LogP contribution in [0.5, 0.6) is 23.0 Å². The lowest BCUT2D eigenvalue weighted by molar-refractivity contribution is -0.108. The quantitative estimate of drug-likeness (QED) is 0.368. The lowest BCUT2D eigenvalue weighted by atomic mass is 10.1. The Morgan fingerprint density at radius 2 is 1.59 bits per heavy atom. The summed E-state index contributed by atoms with van der Waals surface area (Å²) in [5.74, 6) is 2.81. The zero-order valence-electron chi connectivity index (χ0n) is 17.7. The summed E-state index contributed by atoms with van der Waals surface area (Å²) in [6.45, 7) is 5.75. The fourth-order valence-corrected chi connectivity index (χ4v) is 2.92. The average Bonchev–Trinajstić information content (AvgIpc) is 2.73. The molecule has 6 nitrogen and oxygen atoms in total. The van der Waals surface area contributed by atoms with Crippen LogP contribution >= 0.6 is 0 Å². The standard InChI is InChI=1S/C23H30O6/c1-17-8-5-9-20(25-3)21(17)28-15-7-13-27-16-19-11-10-18(2)22(23(19)26-4)29-14-6-12-24/h5,8-12H,6-7,13-16H2,1-4H3. The average molecular weight is 402 g/mol. The number of aryl methyl sites for hydroxylation is 2. The highest BCUT2D eigenvalue weighted by Gasteiger charge is 2.14. The van der Waals surface area contributed by atoms with E-state index >= 15 is 0 Å². The molecule has 158 valence electrons. The minimum Gasteiger partial charge on any atom is -0.493 e. The SMILES string of the molecule is COc1cccc(C)c1OCCCOCc1ccc(C)c(OCCC=O)c1OC. The van der Waals surface area contributed by atoms with Crippen molar-refractivity contribution in [2.45, 2.75) is 33.3 Å². The molecule has 2 aromatic carbocycles. The predicted octanol–water partition coefficient (Wildman–Crippen LogP) is 4.27.